The molecular weight excluding hydrogens is 170 g/mol. The van der Waals surface area contributed by atoms with Crippen LogP contribution in [0.15, 0.2) is 18.3 Å². The largest absolute Gasteiger partial charge is 0.260 e. The molecule has 0 radical (unpaired) electrons. The molecule has 1 heterocycles. The third-order valence-electron chi connectivity index (χ3n) is 0.942. The van der Waals surface area contributed by atoms with Crippen molar-refractivity contribution in [3.63, 3.8) is 0 Å². The van der Waals surface area contributed by atoms with Gasteiger partial charge in [-0.3, -0.25) is 4.98 Å². The Kier molecular flexibility index (Phi) is 12.2. The zero-order chi connectivity index (χ0) is 9.98. The minimum atomic E-state index is 0.729. The average Bonchev–Trinajstić information content (AvgIpc) is 2.17. The first kappa shape index (κ1) is 14.0. The lowest BCUT2D eigenvalue weighted by atomic mass is 10.4. The van der Waals surface area contributed by atoms with E-state index in [1.807, 2.05) is 46.8 Å². The summed E-state index contributed by atoms with van der Waals surface area (Å²) in [6, 6.07) is 3.64. The quantitative estimate of drug-likeness (QED) is 0.596. The Hall–Kier alpha value is -0.560. The molecule has 1 aromatic rings. The SMILES string of the molecule is CC.CC.Cc1ncccc1Cl. The zero-order valence-electron chi connectivity index (χ0n) is 8.56. The molecule has 1 rings (SSSR count). The van der Waals surface area contributed by atoms with Crippen molar-refractivity contribution < 1.29 is 0 Å². The lowest BCUT2D eigenvalue weighted by Gasteiger charge is -1.90. The van der Waals surface area contributed by atoms with Crippen LogP contribution in [0.3, 0.4) is 0 Å². The number of rotatable bonds is 0. The smallest absolute Gasteiger partial charge is 0.0618 e. The highest BCUT2D eigenvalue weighted by atomic mass is 35.5. The molecule has 0 spiro atoms. The number of pyridine rings is 1. The first-order valence-corrected chi connectivity index (χ1v) is 4.75. The molecule has 0 aromatic carbocycles. The highest BCUT2D eigenvalue weighted by Crippen LogP contribution is 2.08. The molecule has 2 heteroatoms. The maximum absolute atomic E-state index is 5.65. The monoisotopic (exact) mass is 187 g/mol. The number of aryl methyl sites for hydroxylation is 1. The van der Waals surface area contributed by atoms with Gasteiger partial charge in [0, 0.05) is 6.20 Å². The lowest BCUT2D eigenvalue weighted by molar-refractivity contribution is 1.20. The molecule has 0 atom stereocenters. The molecule has 0 amide bonds. The third-order valence-corrected chi connectivity index (χ3v) is 1.34. The standard InChI is InChI=1S/C6H6ClN.2C2H6/c1-5-6(7)3-2-4-8-5;2*1-2/h2-4H,1H3;2*1-2H3. The molecule has 1 aromatic heterocycles. The Bertz CT molecular complexity index is 166. The van der Waals surface area contributed by atoms with Crippen molar-refractivity contribution in [1.29, 1.82) is 0 Å². The molecule has 1 nitrogen and oxygen atoms in total. The Morgan fingerprint density at radius 2 is 1.67 bits per heavy atom. The summed E-state index contributed by atoms with van der Waals surface area (Å²) in [4.78, 5) is 3.95. The molecule has 0 unspecified atom stereocenters. The van der Waals surface area contributed by atoms with Crippen LogP contribution in [0, 0.1) is 6.92 Å². The Balaban J connectivity index is 0. The molecule has 0 saturated carbocycles. The van der Waals surface area contributed by atoms with Gasteiger partial charge in [-0.2, -0.15) is 0 Å². The first-order valence-electron chi connectivity index (χ1n) is 4.38. The van der Waals surface area contributed by atoms with Crippen LogP contribution in [0.25, 0.3) is 0 Å². The van der Waals surface area contributed by atoms with E-state index in [2.05, 4.69) is 4.98 Å². The normalized spacial score (nSPS) is 7.17. The van der Waals surface area contributed by atoms with Crippen molar-refractivity contribution >= 4 is 11.6 Å². The fraction of sp³-hybridized carbons (Fsp3) is 0.500. The molecular formula is C10H18ClN. The molecule has 0 N–H and O–H groups in total. The van der Waals surface area contributed by atoms with Gasteiger partial charge in [-0.1, -0.05) is 39.3 Å². The van der Waals surface area contributed by atoms with Crippen LogP contribution in [-0.4, -0.2) is 4.98 Å². The minimum Gasteiger partial charge on any atom is -0.260 e. The highest BCUT2D eigenvalue weighted by molar-refractivity contribution is 6.31. The number of halogens is 1. The third kappa shape index (κ3) is 6.17. The summed E-state index contributed by atoms with van der Waals surface area (Å²) in [7, 11) is 0. The van der Waals surface area contributed by atoms with Crippen molar-refractivity contribution in [2.24, 2.45) is 0 Å². The van der Waals surface area contributed by atoms with Crippen LogP contribution >= 0.6 is 11.6 Å². The van der Waals surface area contributed by atoms with Gasteiger partial charge < -0.3 is 0 Å². The Morgan fingerprint density at radius 3 is 1.92 bits per heavy atom. The second-order valence-corrected chi connectivity index (χ2v) is 1.98. The topological polar surface area (TPSA) is 12.9 Å². The molecule has 12 heavy (non-hydrogen) atoms. The van der Waals surface area contributed by atoms with Crippen molar-refractivity contribution in [3.8, 4) is 0 Å². The van der Waals surface area contributed by atoms with Crippen molar-refractivity contribution in [2.45, 2.75) is 34.6 Å². The van der Waals surface area contributed by atoms with Crippen LogP contribution in [-0.2, 0) is 0 Å². The fourth-order valence-corrected chi connectivity index (χ4v) is 0.586. The summed E-state index contributed by atoms with van der Waals surface area (Å²) in [5.74, 6) is 0. The predicted molar refractivity (Wildman–Crippen MR) is 56.7 cm³/mol. The average molecular weight is 188 g/mol. The summed E-state index contributed by atoms with van der Waals surface area (Å²) in [6.07, 6.45) is 1.72. The van der Waals surface area contributed by atoms with Crippen molar-refractivity contribution in [1.82, 2.24) is 4.98 Å². The second-order valence-electron chi connectivity index (χ2n) is 1.57. The van der Waals surface area contributed by atoms with Gasteiger partial charge in [0.15, 0.2) is 0 Å². The summed E-state index contributed by atoms with van der Waals surface area (Å²) < 4.78 is 0. The number of nitrogens with zero attached hydrogens (tertiary/aromatic N) is 1. The zero-order valence-corrected chi connectivity index (χ0v) is 9.31. The number of hydrogen-bond donors (Lipinski definition) is 0. The van der Waals surface area contributed by atoms with E-state index in [-0.39, 0.29) is 0 Å². The van der Waals surface area contributed by atoms with E-state index >= 15 is 0 Å². The van der Waals surface area contributed by atoms with Gasteiger partial charge in [0.1, 0.15) is 0 Å². The minimum absolute atomic E-state index is 0.729. The maximum Gasteiger partial charge on any atom is 0.0618 e. The van der Waals surface area contributed by atoms with E-state index in [0.29, 0.717) is 0 Å². The molecule has 0 bridgehead atoms. The predicted octanol–water partition coefficient (Wildman–Crippen LogP) is 4.10. The fourth-order valence-electron chi connectivity index (χ4n) is 0.465. The van der Waals surface area contributed by atoms with Gasteiger partial charge in [-0.15, -0.1) is 0 Å². The highest BCUT2D eigenvalue weighted by Gasteiger charge is 1.88. The van der Waals surface area contributed by atoms with Gasteiger partial charge in [-0.25, -0.2) is 0 Å². The Labute approximate surface area is 80.8 Å². The van der Waals surface area contributed by atoms with E-state index in [1.165, 1.54) is 0 Å². The molecule has 0 aliphatic heterocycles. The maximum atomic E-state index is 5.65. The number of aromatic nitrogens is 1. The van der Waals surface area contributed by atoms with Crippen LogP contribution in [0.5, 0.6) is 0 Å². The molecule has 0 fully saturated rings. The van der Waals surface area contributed by atoms with Gasteiger partial charge in [-0.05, 0) is 19.1 Å². The van der Waals surface area contributed by atoms with E-state index in [4.69, 9.17) is 11.6 Å². The van der Waals surface area contributed by atoms with E-state index in [0.717, 1.165) is 10.7 Å². The van der Waals surface area contributed by atoms with Crippen LogP contribution < -0.4 is 0 Å². The van der Waals surface area contributed by atoms with Gasteiger partial charge in [0.25, 0.3) is 0 Å². The summed E-state index contributed by atoms with van der Waals surface area (Å²) >= 11 is 5.65. The van der Waals surface area contributed by atoms with Crippen LogP contribution in [0.1, 0.15) is 33.4 Å². The second kappa shape index (κ2) is 10.4. The molecule has 70 valence electrons. The number of hydrogen-bond acceptors (Lipinski definition) is 1. The molecule has 0 aliphatic carbocycles. The molecule has 0 aliphatic rings. The summed E-state index contributed by atoms with van der Waals surface area (Å²) in [6.45, 7) is 9.88. The lowest BCUT2D eigenvalue weighted by Crippen LogP contribution is -1.77. The van der Waals surface area contributed by atoms with Gasteiger partial charge in [0.05, 0.1) is 10.7 Å². The van der Waals surface area contributed by atoms with Gasteiger partial charge in [0.2, 0.25) is 0 Å². The Morgan fingerprint density at radius 1 is 1.17 bits per heavy atom. The van der Waals surface area contributed by atoms with Crippen LogP contribution in [0.4, 0.5) is 0 Å². The van der Waals surface area contributed by atoms with E-state index < -0.39 is 0 Å². The van der Waals surface area contributed by atoms with E-state index in [9.17, 15) is 0 Å². The summed E-state index contributed by atoms with van der Waals surface area (Å²) in [5.41, 5.74) is 0.883. The van der Waals surface area contributed by atoms with Crippen molar-refractivity contribution in [3.05, 3.63) is 29.0 Å². The molecule has 0 saturated heterocycles. The first-order chi connectivity index (χ1) is 5.80. The van der Waals surface area contributed by atoms with Crippen molar-refractivity contribution in [2.75, 3.05) is 0 Å². The summed E-state index contributed by atoms with van der Waals surface area (Å²) in [5, 5.41) is 0.729. The van der Waals surface area contributed by atoms with Gasteiger partial charge >= 0.3 is 0 Å². The van der Waals surface area contributed by atoms with E-state index in [1.54, 1.807) is 6.20 Å². The van der Waals surface area contributed by atoms with Crippen LogP contribution in [0.2, 0.25) is 5.02 Å².